The molecule has 2 aliphatic heterocycles. The second-order valence-corrected chi connectivity index (χ2v) is 9.29. The van der Waals surface area contributed by atoms with Gasteiger partial charge in [-0.3, -0.25) is 9.88 Å². The molecular formula is C29H29FN4O2. The summed E-state index contributed by atoms with van der Waals surface area (Å²) in [5.41, 5.74) is 3.35. The Balaban J connectivity index is 1.32. The molecule has 36 heavy (non-hydrogen) atoms. The lowest BCUT2D eigenvalue weighted by atomic mass is 9.74. The van der Waals surface area contributed by atoms with Gasteiger partial charge in [-0.25, -0.2) is 9.18 Å². The first kappa shape index (κ1) is 24.0. The first-order valence-corrected chi connectivity index (χ1v) is 12.3. The highest BCUT2D eigenvalue weighted by Gasteiger charge is 2.49. The quantitative estimate of drug-likeness (QED) is 0.550. The molecular weight excluding hydrogens is 455 g/mol. The maximum atomic E-state index is 13.6. The van der Waals surface area contributed by atoms with Crippen molar-refractivity contribution in [2.24, 2.45) is 0 Å². The van der Waals surface area contributed by atoms with Crippen LogP contribution in [0.4, 0.5) is 14.9 Å². The predicted molar refractivity (Wildman–Crippen MR) is 137 cm³/mol. The number of aliphatic hydroxyl groups is 1. The van der Waals surface area contributed by atoms with Crippen LogP contribution in [0.25, 0.3) is 0 Å². The van der Waals surface area contributed by atoms with Crippen molar-refractivity contribution in [3.63, 3.8) is 0 Å². The number of anilines is 1. The number of nitrogens with one attached hydrogen (secondary N) is 1. The van der Waals surface area contributed by atoms with Gasteiger partial charge in [0.2, 0.25) is 0 Å². The Labute approximate surface area is 210 Å². The second-order valence-electron chi connectivity index (χ2n) is 9.29. The van der Waals surface area contributed by atoms with Crippen LogP contribution in [0.3, 0.4) is 0 Å². The molecule has 1 aromatic heterocycles. The number of halogens is 1. The second kappa shape index (κ2) is 10.9. The molecule has 3 heterocycles. The van der Waals surface area contributed by atoms with Crippen molar-refractivity contribution in [2.75, 3.05) is 31.6 Å². The van der Waals surface area contributed by atoms with E-state index in [2.05, 4.69) is 39.2 Å². The van der Waals surface area contributed by atoms with E-state index in [1.807, 2.05) is 29.2 Å². The fourth-order valence-electron chi connectivity index (χ4n) is 5.26. The average molecular weight is 485 g/mol. The zero-order valence-electron chi connectivity index (χ0n) is 20.0. The number of aromatic nitrogens is 1. The maximum Gasteiger partial charge on any atom is 0.321 e. The average Bonchev–Trinajstić information content (AvgIpc) is 2.88. The number of pyridine rings is 1. The number of urea groups is 1. The number of nitrogens with zero attached hydrogens (tertiary/aromatic N) is 3. The summed E-state index contributed by atoms with van der Waals surface area (Å²) in [5.74, 6) is 6.02. The van der Waals surface area contributed by atoms with Crippen molar-refractivity contribution in [3.8, 4) is 11.8 Å². The Hall–Kier alpha value is -3.73. The van der Waals surface area contributed by atoms with E-state index >= 15 is 0 Å². The van der Waals surface area contributed by atoms with Crippen LogP contribution in [-0.2, 0) is 0 Å². The fraction of sp³-hybridized carbons (Fsp3) is 0.310. The largest absolute Gasteiger partial charge is 0.395 e. The van der Waals surface area contributed by atoms with E-state index in [-0.39, 0.29) is 36.5 Å². The Morgan fingerprint density at radius 1 is 1.06 bits per heavy atom. The van der Waals surface area contributed by atoms with Crippen LogP contribution in [0.1, 0.15) is 35.4 Å². The van der Waals surface area contributed by atoms with E-state index in [1.54, 1.807) is 24.5 Å². The molecule has 2 amide bonds. The van der Waals surface area contributed by atoms with Gasteiger partial charge in [-0.2, -0.15) is 0 Å². The molecule has 5 rings (SSSR count). The zero-order valence-corrected chi connectivity index (χ0v) is 20.0. The molecule has 6 nitrogen and oxygen atoms in total. The van der Waals surface area contributed by atoms with Gasteiger partial charge in [0.15, 0.2) is 0 Å². The van der Waals surface area contributed by atoms with E-state index in [0.717, 1.165) is 36.1 Å². The monoisotopic (exact) mass is 484 g/mol. The van der Waals surface area contributed by atoms with Gasteiger partial charge >= 0.3 is 6.03 Å². The molecule has 2 N–H and O–H groups in total. The minimum Gasteiger partial charge on any atom is -0.395 e. The Morgan fingerprint density at radius 2 is 1.86 bits per heavy atom. The molecule has 0 aliphatic carbocycles. The molecule has 2 saturated heterocycles. The predicted octanol–water partition coefficient (Wildman–Crippen LogP) is 4.08. The third-order valence-corrected chi connectivity index (χ3v) is 7.04. The summed E-state index contributed by atoms with van der Waals surface area (Å²) >= 11 is 0. The summed E-state index contributed by atoms with van der Waals surface area (Å²) in [6.07, 6.45) is 5.29. The van der Waals surface area contributed by atoms with Crippen LogP contribution in [0.5, 0.6) is 0 Å². The van der Waals surface area contributed by atoms with Crippen LogP contribution in [0.15, 0.2) is 73.1 Å². The molecule has 184 valence electrons. The number of hydrogen-bond acceptors (Lipinski definition) is 4. The molecule has 2 fully saturated rings. The van der Waals surface area contributed by atoms with Gasteiger partial charge in [-0.1, -0.05) is 30.0 Å². The van der Waals surface area contributed by atoms with E-state index in [9.17, 15) is 14.3 Å². The number of fused-ring (bicyclic) bond motifs is 1. The maximum absolute atomic E-state index is 13.6. The molecule has 2 aliphatic rings. The minimum atomic E-state index is -0.384. The lowest BCUT2D eigenvalue weighted by Crippen LogP contribution is -2.68. The highest BCUT2D eigenvalue weighted by atomic mass is 19.1. The minimum absolute atomic E-state index is 0.0218. The topological polar surface area (TPSA) is 68.7 Å². The molecule has 0 bridgehead atoms. The van der Waals surface area contributed by atoms with Crippen molar-refractivity contribution in [1.82, 2.24) is 14.8 Å². The molecule has 0 radical (unpaired) electrons. The van der Waals surface area contributed by atoms with Gasteiger partial charge in [-0.05, 0) is 67.4 Å². The van der Waals surface area contributed by atoms with Gasteiger partial charge in [0.05, 0.1) is 6.61 Å². The normalized spacial score (nSPS) is 21.7. The molecule has 2 aromatic carbocycles. The molecule has 7 heteroatoms. The summed E-state index contributed by atoms with van der Waals surface area (Å²) in [7, 11) is 0. The fourth-order valence-corrected chi connectivity index (χ4v) is 5.26. The Morgan fingerprint density at radius 3 is 2.61 bits per heavy atom. The molecule has 3 aromatic rings. The molecule has 0 unspecified atom stereocenters. The number of carbonyl (C=O) groups excluding carboxylic acids is 1. The van der Waals surface area contributed by atoms with Gasteiger partial charge in [0.25, 0.3) is 0 Å². The highest BCUT2D eigenvalue weighted by Crippen LogP contribution is 2.42. The number of benzene rings is 2. The van der Waals surface area contributed by atoms with Crippen LogP contribution in [0, 0.1) is 17.7 Å². The molecule has 0 saturated carbocycles. The summed E-state index contributed by atoms with van der Waals surface area (Å²) in [5, 5.41) is 13.0. The lowest BCUT2D eigenvalue weighted by Gasteiger charge is -2.57. The van der Waals surface area contributed by atoms with Crippen LogP contribution in [-0.4, -0.2) is 64.2 Å². The third-order valence-electron chi connectivity index (χ3n) is 7.04. The standard InChI is InChI=1S/C29H29FN4O2/c30-24-6-3-7-25(17-24)32-29(36)33-15-1-2-16-34-26(19-33)28(27(34)20-35)23-12-10-21(11-13-23)8-9-22-5-4-14-31-18-22/h3-7,10-14,17-18,26-28,35H,1-2,15-16,19-20H2,(H,32,36)/t26-,27+,28-/m0/s1. The van der Waals surface area contributed by atoms with Gasteiger partial charge in [0, 0.05) is 60.3 Å². The first-order valence-electron chi connectivity index (χ1n) is 12.3. The van der Waals surface area contributed by atoms with Crippen molar-refractivity contribution in [1.29, 1.82) is 0 Å². The summed E-state index contributed by atoms with van der Waals surface area (Å²) in [6.45, 7) is 2.16. The Bertz CT molecular complexity index is 1260. The summed E-state index contributed by atoms with van der Waals surface area (Å²) in [6, 6.07) is 17.8. The van der Waals surface area contributed by atoms with Crippen molar-refractivity contribution < 1.29 is 14.3 Å². The molecule has 3 atom stereocenters. The van der Waals surface area contributed by atoms with Crippen LogP contribution in [0.2, 0.25) is 0 Å². The number of carbonyl (C=O) groups is 1. The Kier molecular flexibility index (Phi) is 7.26. The highest BCUT2D eigenvalue weighted by molar-refractivity contribution is 5.89. The first-order chi connectivity index (χ1) is 17.6. The smallest absolute Gasteiger partial charge is 0.321 e. The van der Waals surface area contributed by atoms with E-state index in [4.69, 9.17) is 0 Å². The number of rotatable bonds is 3. The van der Waals surface area contributed by atoms with Gasteiger partial charge in [-0.15, -0.1) is 0 Å². The number of hydrogen-bond donors (Lipinski definition) is 2. The van der Waals surface area contributed by atoms with E-state index < -0.39 is 0 Å². The summed E-state index contributed by atoms with van der Waals surface area (Å²) in [4.78, 5) is 21.3. The zero-order chi connectivity index (χ0) is 24.9. The summed E-state index contributed by atoms with van der Waals surface area (Å²) < 4.78 is 13.6. The number of amides is 2. The van der Waals surface area contributed by atoms with E-state index in [1.165, 1.54) is 12.1 Å². The van der Waals surface area contributed by atoms with Crippen molar-refractivity contribution >= 4 is 11.7 Å². The van der Waals surface area contributed by atoms with E-state index in [0.29, 0.717) is 18.8 Å². The van der Waals surface area contributed by atoms with Crippen LogP contribution < -0.4 is 5.32 Å². The van der Waals surface area contributed by atoms with Crippen LogP contribution >= 0.6 is 0 Å². The van der Waals surface area contributed by atoms with Crippen molar-refractivity contribution in [3.05, 3.63) is 95.6 Å². The third kappa shape index (κ3) is 5.25. The molecule has 0 spiro atoms. The number of aliphatic hydroxyl groups excluding tert-OH is 1. The van der Waals surface area contributed by atoms with Gasteiger partial charge < -0.3 is 15.3 Å². The van der Waals surface area contributed by atoms with Gasteiger partial charge in [0.1, 0.15) is 5.82 Å². The van der Waals surface area contributed by atoms with Crippen molar-refractivity contribution in [2.45, 2.75) is 30.8 Å². The lowest BCUT2D eigenvalue weighted by molar-refractivity contribution is -0.0585. The SMILES string of the molecule is O=C(Nc1cccc(F)c1)N1CCCCN2[C@H](CO)[C@@H](c3ccc(C#Cc4cccnc4)cc3)[C@@H]2C1.